The van der Waals surface area contributed by atoms with E-state index in [1.54, 1.807) is 36.0 Å². The fraction of sp³-hybridized carbons (Fsp3) is 0.600. The Morgan fingerprint density at radius 1 is 1.14 bits per heavy atom. The lowest BCUT2D eigenvalue weighted by Crippen LogP contribution is -2.39. The third-order valence-corrected chi connectivity index (χ3v) is 6.90. The minimum Gasteiger partial charge on any atom is -0.348 e. The molecule has 160 valence electrons. The first-order chi connectivity index (χ1) is 13.7. The number of likely N-dealkylation sites (N-methyl/N-ethyl adjacent to an activating group) is 1. The van der Waals surface area contributed by atoms with Gasteiger partial charge in [-0.2, -0.15) is 0 Å². The van der Waals surface area contributed by atoms with Crippen molar-refractivity contribution in [2.75, 3.05) is 46.8 Å². The Kier molecular flexibility index (Phi) is 6.60. The number of rotatable bonds is 6. The van der Waals surface area contributed by atoms with Crippen molar-refractivity contribution in [2.24, 2.45) is 0 Å². The highest BCUT2D eigenvalue weighted by atomic mass is 32.2. The van der Waals surface area contributed by atoms with Crippen LogP contribution in [-0.2, 0) is 14.8 Å². The van der Waals surface area contributed by atoms with E-state index in [4.69, 9.17) is 0 Å². The van der Waals surface area contributed by atoms with Crippen molar-refractivity contribution in [1.82, 2.24) is 19.4 Å². The molecule has 1 aliphatic carbocycles. The largest absolute Gasteiger partial charge is 0.348 e. The van der Waals surface area contributed by atoms with E-state index in [1.807, 2.05) is 6.92 Å². The third kappa shape index (κ3) is 5.55. The number of hydrogen-bond acceptors (Lipinski definition) is 5. The molecule has 8 nitrogen and oxygen atoms in total. The lowest BCUT2D eigenvalue weighted by molar-refractivity contribution is -0.129. The van der Waals surface area contributed by atoms with Gasteiger partial charge in [-0.15, -0.1) is 0 Å². The Balaban J connectivity index is 1.71. The highest BCUT2D eigenvalue weighted by molar-refractivity contribution is 7.89. The summed E-state index contributed by atoms with van der Waals surface area (Å²) >= 11 is 0. The predicted octanol–water partition coefficient (Wildman–Crippen LogP) is 0.672. The van der Waals surface area contributed by atoms with Crippen LogP contribution in [0.25, 0.3) is 0 Å². The SMILES string of the molecule is Cc1ccc(S(=O)(=O)NC2CC2)cc1C(=O)N1CCCN(CC(=O)N(C)C)CC1. The lowest BCUT2D eigenvalue weighted by atomic mass is 10.1. The molecule has 0 unspecified atom stereocenters. The van der Waals surface area contributed by atoms with E-state index in [0.717, 1.165) is 31.4 Å². The molecule has 0 radical (unpaired) electrons. The van der Waals surface area contributed by atoms with Gasteiger partial charge in [0, 0.05) is 51.9 Å². The summed E-state index contributed by atoms with van der Waals surface area (Å²) in [7, 11) is -0.141. The summed E-state index contributed by atoms with van der Waals surface area (Å²) in [5, 5.41) is 0. The smallest absolute Gasteiger partial charge is 0.254 e. The summed E-state index contributed by atoms with van der Waals surface area (Å²) in [6.45, 7) is 4.62. The number of amides is 2. The van der Waals surface area contributed by atoms with E-state index in [-0.39, 0.29) is 22.8 Å². The highest BCUT2D eigenvalue weighted by Gasteiger charge is 2.29. The zero-order valence-electron chi connectivity index (χ0n) is 17.3. The molecule has 2 amide bonds. The highest BCUT2D eigenvalue weighted by Crippen LogP contribution is 2.24. The normalized spacial score (nSPS) is 18.4. The molecule has 1 aliphatic heterocycles. The summed E-state index contributed by atoms with van der Waals surface area (Å²) in [6, 6.07) is 4.74. The molecule has 1 aromatic rings. The van der Waals surface area contributed by atoms with E-state index in [0.29, 0.717) is 31.7 Å². The van der Waals surface area contributed by atoms with E-state index < -0.39 is 10.0 Å². The van der Waals surface area contributed by atoms with E-state index in [2.05, 4.69) is 9.62 Å². The van der Waals surface area contributed by atoms with Crippen LogP contribution in [0.2, 0.25) is 0 Å². The molecule has 9 heteroatoms. The van der Waals surface area contributed by atoms with Crippen molar-refractivity contribution in [3.8, 4) is 0 Å². The molecule has 2 aliphatic rings. The van der Waals surface area contributed by atoms with Gasteiger partial charge in [0.2, 0.25) is 15.9 Å². The standard InChI is InChI=1S/C20H30N4O4S/c1-15-5-8-17(29(27,28)21-16-6-7-16)13-18(15)20(26)24-10-4-9-23(11-12-24)14-19(25)22(2)3/h5,8,13,16,21H,4,6-7,9-12,14H2,1-3H3. The molecule has 0 aromatic heterocycles. The first kappa shape index (κ1) is 21.7. The van der Waals surface area contributed by atoms with E-state index >= 15 is 0 Å². The summed E-state index contributed by atoms with van der Waals surface area (Å²) < 4.78 is 27.7. The zero-order chi connectivity index (χ0) is 21.2. The molecule has 0 bridgehead atoms. The lowest BCUT2D eigenvalue weighted by Gasteiger charge is -2.23. The number of benzene rings is 1. The van der Waals surface area contributed by atoms with Crippen molar-refractivity contribution >= 4 is 21.8 Å². The second-order valence-electron chi connectivity index (χ2n) is 8.08. The first-order valence-corrected chi connectivity index (χ1v) is 11.5. The molecular weight excluding hydrogens is 392 g/mol. The van der Waals surface area contributed by atoms with Crippen LogP contribution >= 0.6 is 0 Å². The van der Waals surface area contributed by atoms with Crippen LogP contribution in [0.1, 0.15) is 35.2 Å². The number of aryl methyl sites for hydroxylation is 1. The van der Waals surface area contributed by atoms with Crippen molar-refractivity contribution in [3.05, 3.63) is 29.3 Å². The Hall–Kier alpha value is -1.97. The van der Waals surface area contributed by atoms with Crippen LogP contribution in [0.15, 0.2) is 23.1 Å². The fourth-order valence-corrected chi connectivity index (χ4v) is 4.65. The van der Waals surface area contributed by atoms with Gasteiger partial charge in [0.05, 0.1) is 11.4 Å². The monoisotopic (exact) mass is 422 g/mol. The predicted molar refractivity (Wildman–Crippen MR) is 110 cm³/mol. The molecule has 3 rings (SSSR count). The van der Waals surface area contributed by atoms with E-state index in [9.17, 15) is 18.0 Å². The van der Waals surface area contributed by atoms with Crippen molar-refractivity contribution in [1.29, 1.82) is 0 Å². The molecule has 1 N–H and O–H groups in total. The minimum atomic E-state index is -3.61. The summed E-state index contributed by atoms with van der Waals surface area (Å²) in [5.41, 5.74) is 1.17. The number of nitrogens with one attached hydrogen (secondary N) is 1. The molecule has 1 heterocycles. The van der Waals surface area contributed by atoms with Crippen molar-refractivity contribution in [3.63, 3.8) is 0 Å². The minimum absolute atomic E-state index is 0.0157. The van der Waals surface area contributed by atoms with Gasteiger partial charge < -0.3 is 9.80 Å². The summed E-state index contributed by atoms with van der Waals surface area (Å²) in [5.74, 6) is -0.117. The second-order valence-corrected chi connectivity index (χ2v) is 9.80. The second kappa shape index (κ2) is 8.81. The van der Waals surface area contributed by atoms with Crippen LogP contribution in [-0.4, -0.2) is 87.8 Å². The molecule has 1 aromatic carbocycles. The molecule has 1 saturated heterocycles. The number of carbonyl (C=O) groups is 2. The molecule has 2 fully saturated rings. The van der Waals surface area contributed by atoms with Crippen LogP contribution in [0.4, 0.5) is 0 Å². The third-order valence-electron chi connectivity index (χ3n) is 5.38. The van der Waals surface area contributed by atoms with Crippen LogP contribution in [0.5, 0.6) is 0 Å². The summed E-state index contributed by atoms with van der Waals surface area (Å²) in [6.07, 6.45) is 2.49. The van der Waals surface area contributed by atoms with Gasteiger partial charge in [-0.05, 0) is 43.9 Å². The van der Waals surface area contributed by atoms with Crippen LogP contribution in [0.3, 0.4) is 0 Å². The van der Waals surface area contributed by atoms with Gasteiger partial charge >= 0.3 is 0 Å². The van der Waals surface area contributed by atoms with Gasteiger partial charge in [0.25, 0.3) is 5.91 Å². The van der Waals surface area contributed by atoms with Crippen LogP contribution < -0.4 is 4.72 Å². The number of sulfonamides is 1. The Bertz CT molecular complexity index is 880. The molecule has 0 spiro atoms. The Morgan fingerprint density at radius 2 is 1.86 bits per heavy atom. The Morgan fingerprint density at radius 3 is 2.52 bits per heavy atom. The fourth-order valence-electron chi connectivity index (χ4n) is 3.32. The molecule has 1 saturated carbocycles. The number of hydrogen-bond donors (Lipinski definition) is 1. The summed E-state index contributed by atoms with van der Waals surface area (Å²) in [4.78, 5) is 30.6. The quantitative estimate of drug-likeness (QED) is 0.728. The van der Waals surface area contributed by atoms with Crippen molar-refractivity contribution < 1.29 is 18.0 Å². The molecule has 29 heavy (non-hydrogen) atoms. The van der Waals surface area contributed by atoms with Crippen LogP contribution in [0, 0.1) is 6.92 Å². The van der Waals surface area contributed by atoms with Gasteiger partial charge in [0.15, 0.2) is 0 Å². The topological polar surface area (TPSA) is 90.0 Å². The number of nitrogens with zero attached hydrogens (tertiary/aromatic N) is 3. The van der Waals surface area contributed by atoms with Gasteiger partial charge in [-0.25, -0.2) is 13.1 Å². The molecule has 0 atom stereocenters. The van der Waals surface area contributed by atoms with Gasteiger partial charge in [-0.3, -0.25) is 14.5 Å². The van der Waals surface area contributed by atoms with Gasteiger partial charge in [-0.1, -0.05) is 6.07 Å². The average molecular weight is 423 g/mol. The number of carbonyl (C=O) groups excluding carboxylic acids is 2. The maximum absolute atomic E-state index is 13.1. The maximum Gasteiger partial charge on any atom is 0.254 e. The zero-order valence-corrected chi connectivity index (χ0v) is 18.2. The van der Waals surface area contributed by atoms with Gasteiger partial charge in [0.1, 0.15) is 0 Å². The average Bonchev–Trinajstić information content (AvgIpc) is 3.48. The van der Waals surface area contributed by atoms with E-state index in [1.165, 1.54) is 6.07 Å². The van der Waals surface area contributed by atoms with Crippen molar-refractivity contribution in [2.45, 2.75) is 37.1 Å². The molecular formula is C20H30N4O4S. The Labute approximate surface area is 172 Å². The first-order valence-electron chi connectivity index (χ1n) is 10.0. The maximum atomic E-state index is 13.1.